The van der Waals surface area contributed by atoms with Crippen LogP contribution < -0.4 is 10.2 Å². The Morgan fingerprint density at radius 1 is 1.25 bits per heavy atom. The fourth-order valence-electron chi connectivity index (χ4n) is 2.85. The molecule has 1 aromatic carbocycles. The Morgan fingerprint density at radius 2 is 2.12 bits per heavy atom. The Hall–Kier alpha value is -1.09. The Labute approximate surface area is 95.4 Å². The number of rotatable bonds is 1. The van der Waals surface area contributed by atoms with Crippen molar-refractivity contribution in [3.05, 3.63) is 29.8 Å². The summed E-state index contributed by atoms with van der Waals surface area (Å²) < 4.78 is 13.8. The summed E-state index contributed by atoms with van der Waals surface area (Å²) >= 11 is 0. The van der Waals surface area contributed by atoms with Crippen molar-refractivity contribution in [2.45, 2.75) is 25.1 Å². The first kappa shape index (κ1) is 10.1. The van der Waals surface area contributed by atoms with Crippen molar-refractivity contribution >= 4 is 5.69 Å². The molecule has 2 heterocycles. The number of anilines is 1. The topological polar surface area (TPSA) is 15.3 Å². The number of halogens is 1. The van der Waals surface area contributed by atoms with E-state index < -0.39 is 6.17 Å². The monoisotopic (exact) mass is 220 g/mol. The maximum absolute atomic E-state index is 13.8. The third-order valence-electron chi connectivity index (χ3n) is 3.66. The van der Waals surface area contributed by atoms with Gasteiger partial charge in [-0.1, -0.05) is 18.2 Å². The van der Waals surface area contributed by atoms with Crippen LogP contribution in [0.15, 0.2) is 24.3 Å². The number of para-hydroxylation sites is 1. The summed E-state index contributed by atoms with van der Waals surface area (Å²) in [6.07, 6.45) is 1.54. The molecule has 2 aliphatic heterocycles. The number of nitrogens with zero attached hydrogens (tertiary/aromatic N) is 1. The quantitative estimate of drug-likeness (QED) is 0.775. The van der Waals surface area contributed by atoms with Gasteiger partial charge >= 0.3 is 0 Å². The lowest BCUT2D eigenvalue weighted by atomic mass is 9.99. The molecule has 0 saturated carbocycles. The molecule has 0 amide bonds. The van der Waals surface area contributed by atoms with Gasteiger partial charge in [0.05, 0.1) is 6.04 Å². The highest BCUT2D eigenvalue weighted by Crippen LogP contribution is 2.30. The van der Waals surface area contributed by atoms with Crippen LogP contribution in [0.5, 0.6) is 0 Å². The lowest BCUT2D eigenvalue weighted by Crippen LogP contribution is -2.44. The molecule has 1 fully saturated rings. The summed E-state index contributed by atoms with van der Waals surface area (Å²) in [5.74, 6) is 0. The fourth-order valence-corrected chi connectivity index (χ4v) is 2.85. The normalized spacial score (nSPS) is 29.2. The zero-order valence-corrected chi connectivity index (χ0v) is 9.32. The zero-order valence-electron chi connectivity index (χ0n) is 9.32. The molecule has 0 aromatic heterocycles. The number of aryl methyl sites for hydroxylation is 1. The number of hydrogen-bond donors (Lipinski definition) is 1. The van der Waals surface area contributed by atoms with Gasteiger partial charge in [-0.25, -0.2) is 4.39 Å². The summed E-state index contributed by atoms with van der Waals surface area (Å²) in [7, 11) is 0. The minimum absolute atomic E-state index is 0.0291. The number of alkyl halides is 1. The summed E-state index contributed by atoms with van der Waals surface area (Å²) in [5.41, 5.74) is 2.61. The Bertz CT molecular complexity index is 380. The zero-order chi connectivity index (χ0) is 11.0. The standard InChI is InChI=1S/C13H17FN2/c14-11-8-15-9-13(11)16-7-3-5-10-4-1-2-6-12(10)16/h1-2,4,6,11,13,15H,3,5,7-9H2. The van der Waals surface area contributed by atoms with E-state index in [1.165, 1.54) is 11.3 Å². The molecule has 16 heavy (non-hydrogen) atoms. The van der Waals surface area contributed by atoms with E-state index in [9.17, 15) is 4.39 Å². The average Bonchev–Trinajstić information content (AvgIpc) is 2.75. The van der Waals surface area contributed by atoms with Crippen molar-refractivity contribution in [2.24, 2.45) is 0 Å². The van der Waals surface area contributed by atoms with Crippen LogP contribution in [-0.4, -0.2) is 31.8 Å². The van der Waals surface area contributed by atoms with Crippen LogP contribution in [0.25, 0.3) is 0 Å². The van der Waals surface area contributed by atoms with Crippen LogP contribution in [0.2, 0.25) is 0 Å². The second kappa shape index (κ2) is 4.06. The summed E-state index contributed by atoms with van der Waals surface area (Å²) in [4.78, 5) is 2.25. The maximum atomic E-state index is 13.8. The van der Waals surface area contributed by atoms with E-state index >= 15 is 0 Å². The van der Waals surface area contributed by atoms with Crippen LogP contribution in [0.4, 0.5) is 10.1 Å². The van der Waals surface area contributed by atoms with Gasteiger partial charge in [-0.2, -0.15) is 0 Å². The van der Waals surface area contributed by atoms with Crippen molar-refractivity contribution in [1.29, 1.82) is 0 Å². The Kier molecular flexibility index (Phi) is 2.56. The lowest BCUT2D eigenvalue weighted by molar-refractivity contribution is 0.318. The van der Waals surface area contributed by atoms with E-state index in [-0.39, 0.29) is 6.04 Å². The van der Waals surface area contributed by atoms with E-state index in [4.69, 9.17) is 0 Å². The second-order valence-electron chi connectivity index (χ2n) is 4.67. The van der Waals surface area contributed by atoms with Gasteiger partial charge in [-0.05, 0) is 24.5 Å². The minimum Gasteiger partial charge on any atom is -0.364 e. The van der Waals surface area contributed by atoms with Crippen LogP contribution in [0, 0.1) is 0 Å². The Morgan fingerprint density at radius 3 is 2.94 bits per heavy atom. The van der Waals surface area contributed by atoms with Crippen molar-refractivity contribution in [3.8, 4) is 0 Å². The molecular weight excluding hydrogens is 203 g/mol. The van der Waals surface area contributed by atoms with Gasteiger partial charge in [-0.3, -0.25) is 0 Å². The fraction of sp³-hybridized carbons (Fsp3) is 0.538. The number of fused-ring (bicyclic) bond motifs is 1. The third-order valence-corrected chi connectivity index (χ3v) is 3.66. The minimum atomic E-state index is -0.730. The first-order chi connectivity index (χ1) is 7.86. The van der Waals surface area contributed by atoms with Gasteiger partial charge in [0.15, 0.2) is 0 Å². The molecule has 3 heteroatoms. The molecular formula is C13H17FN2. The van der Waals surface area contributed by atoms with Gasteiger partial charge in [0.2, 0.25) is 0 Å². The molecule has 2 atom stereocenters. The largest absolute Gasteiger partial charge is 0.364 e. The highest BCUT2D eigenvalue weighted by Gasteiger charge is 2.33. The van der Waals surface area contributed by atoms with Gasteiger partial charge in [-0.15, -0.1) is 0 Å². The van der Waals surface area contributed by atoms with Gasteiger partial charge < -0.3 is 10.2 Å². The number of hydrogen-bond acceptors (Lipinski definition) is 2. The third kappa shape index (κ3) is 1.59. The molecule has 3 rings (SSSR count). The first-order valence-corrected chi connectivity index (χ1v) is 6.05. The molecule has 0 spiro atoms. The summed E-state index contributed by atoms with van der Waals surface area (Å²) in [5, 5.41) is 3.13. The highest BCUT2D eigenvalue weighted by molar-refractivity contribution is 5.56. The molecule has 2 unspecified atom stereocenters. The summed E-state index contributed by atoms with van der Waals surface area (Å²) in [6.45, 7) is 2.27. The van der Waals surface area contributed by atoms with Crippen LogP contribution >= 0.6 is 0 Å². The van der Waals surface area contributed by atoms with Gasteiger partial charge in [0.1, 0.15) is 6.17 Å². The van der Waals surface area contributed by atoms with Crippen LogP contribution in [0.1, 0.15) is 12.0 Å². The number of nitrogens with one attached hydrogen (secondary N) is 1. The molecule has 2 aliphatic rings. The van der Waals surface area contributed by atoms with E-state index in [1.54, 1.807) is 0 Å². The SMILES string of the molecule is FC1CNCC1N1CCCc2ccccc21. The smallest absolute Gasteiger partial charge is 0.134 e. The molecule has 1 N–H and O–H groups in total. The molecule has 0 bridgehead atoms. The maximum Gasteiger partial charge on any atom is 0.134 e. The van der Waals surface area contributed by atoms with E-state index in [2.05, 4.69) is 28.4 Å². The van der Waals surface area contributed by atoms with Crippen molar-refractivity contribution < 1.29 is 4.39 Å². The molecule has 2 nitrogen and oxygen atoms in total. The molecule has 1 aromatic rings. The molecule has 0 aliphatic carbocycles. The van der Waals surface area contributed by atoms with Crippen molar-refractivity contribution in [2.75, 3.05) is 24.5 Å². The van der Waals surface area contributed by atoms with Crippen LogP contribution in [0.3, 0.4) is 0 Å². The highest BCUT2D eigenvalue weighted by atomic mass is 19.1. The molecule has 1 saturated heterocycles. The van der Waals surface area contributed by atoms with E-state index in [1.807, 2.05) is 6.07 Å². The molecule has 86 valence electrons. The Balaban J connectivity index is 1.92. The predicted octanol–water partition coefficient (Wildman–Crippen LogP) is 1.75. The van der Waals surface area contributed by atoms with Crippen molar-refractivity contribution in [3.63, 3.8) is 0 Å². The van der Waals surface area contributed by atoms with Crippen LogP contribution in [-0.2, 0) is 6.42 Å². The second-order valence-corrected chi connectivity index (χ2v) is 4.67. The first-order valence-electron chi connectivity index (χ1n) is 6.05. The van der Waals surface area contributed by atoms with E-state index in [0.29, 0.717) is 6.54 Å². The average molecular weight is 220 g/mol. The molecule has 0 radical (unpaired) electrons. The predicted molar refractivity (Wildman–Crippen MR) is 63.7 cm³/mol. The lowest BCUT2D eigenvalue weighted by Gasteiger charge is -2.36. The van der Waals surface area contributed by atoms with Gasteiger partial charge in [0.25, 0.3) is 0 Å². The van der Waals surface area contributed by atoms with E-state index in [0.717, 1.165) is 25.9 Å². The summed E-state index contributed by atoms with van der Waals surface area (Å²) in [6, 6.07) is 8.44. The number of benzene rings is 1. The van der Waals surface area contributed by atoms with Gasteiger partial charge in [0, 0.05) is 25.3 Å². The van der Waals surface area contributed by atoms with Crippen molar-refractivity contribution in [1.82, 2.24) is 5.32 Å².